The second kappa shape index (κ2) is 5.83. The van der Waals surface area contributed by atoms with E-state index in [1.807, 2.05) is 6.92 Å². The molecule has 1 fully saturated rings. The fourth-order valence-electron chi connectivity index (χ4n) is 2.28. The zero-order valence-corrected chi connectivity index (χ0v) is 9.28. The standard InChI is InChI=1S/C11H19NO3/c1-2-3-8-11(13)9-6-4-5-7-10(9)12(14)15/h9-10H,2-8H2,1H3. The third-order valence-electron chi connectivity index (χ3n) is 3.19. The minimum Gasteiger partial charge on any atom is -0.299 e. The van der Waals surface area contributed by atoms with Gasteiger partial charge in [-0.15, -0.1) is 0 Å². The summed E-state index contributed by atoms with van der Waals surface area (Å²) in [5.74, 6) is -0.196. The Morgan fingerprint density at radius 1 is 1.40 bits per heavy atom. The van der Waals surface area contributed by atoms with Gasteiger partial charge in [-0.2, -0.15) is 0 Å². The first-order valence-corrected chi connectivity index (χ1v) is 5.83. The first kappa shape index (κ1) is 12.1. The number of nitrogens with zero attached hydrogens (tertiary/aromatic N) is 1. The van der Waals surface area contributed by atoms with Gasteiger partial charge >= 0.3 is 0 Å². The zero-order chi connectivity index (χ0) is 11.3. The summed E-state index contributed by atoms with van der Waals surface area (Å²) >= 11 is 0. The maximum Gasteiger partial charge on any atom is 0.222 e. The normalized spacial score (nSPS) is 26.2. The summed E-state index contributed by atoms with van der Waals surface area (Å²) in [6.07, 6.45) is 5.51. The highest BCUT2D eigenvalue weighted by Crippen LogP contribution is 2.28. The summed E-state index contributed by atoms with van der Waals surface area (Å²) in [6.45, 7) is 2.03. The molecule has 0 spiro atoms. The van der Waals surface area contributed by atoms with E-state index in [0.29, 0.717) is 19.3 Å². The van der Waals surface area contributed by atoms with Crippen molar-refractivity contribution in [2.24, 2.45) is 5.92 Å². The number of ketones is 1. The van der Waals surface area contributed by atoms with Crippen LogP contribution in [0.2, 0.25) is 0 Å². The second-order valence-electron chi connectivity index (χ2n) is 4.31. The molecule has 0 aliphatic heterocycles. The molecule has 2 atom stereocenters. The Labute approximate surface area is 90.2 Å². The van der Waals surface area contributed by atoms with Gasteiger partial charge in [-0.1, -0.05) is 19.8 Å². The molecule has 1 aliphatic carbocycles. The molecular weight excluding hydrogens is 194 g/mol. The Hall–Kier alpha value is -0.930. The second-order valence-corrected chi connectivity index (χ2v) is 4.31. The fourth-order valence-corrected chi connectivity index (χ4v) is 2.28. The Morgan fingerprint density at radius 2 is 2.07 bits per heavy atom. The van der Waals surface area contributed by atoms with E-state index in [9.17, 15) is 14.9 Å². The minimum atomic E-state index is -0.608. The number of rotatable bonds is 5. The van der Waals surface area contributed by atoms with E-state index in [4.69, 9.17) is 0 Å². The smallest absolute Gasteiger partial charge is 0.222 e. The lowest BCUT2D eigenvalue weighted by Crippen LogP contribution is -2.37. The van der Waals surface area contributed by atoms with E-state index in [1.54, 1.807) is 0 Å². The average Bonchev–Trinajstić information content (AvgIpc) is 2.25. The van der Waals surface area contributed by atoms with Gasteiger partial charge < -0.3 is 0 Å². The topological polar surface area (TPSA) is 60.2 Å². The van der Waals surface area contributed by atoms with Crippen LogP contribution in [0, 0.1) is 16.0 Å². The van der Waals surface area contributed by atoms with Gasteiger partial charge in [0, 0.05) is 17.8 Å². The third-order valence-corrected chi connectivity index (χ3v) is 3.19. The molecule has 0 radical (unpaired) electrons. The van der Waals surface area contributed by atoms with Crippen molar-refractivity contribution in [1.82, 2.24) is 0 Å². The number of carbonyl (C=O) groups excluding carboxylic acids is 1. The first-order valence-electron chi connectivity index (χ1n) is 5.83. The lowest BCUT2D eigenvalue weighted by molar-refractivity contribution is -0.532. The Bertz CT molecular complexity index is 240. The van der Waals surface area contributed by atoms with Gasteiger partial charge in [0.1, 0.15) is 5.78 Å². The summed E-state index contributed by atoms with van der Waals surface area (Å²) in [5, 5.41) is 10.8. The van der Waals surface area contributed by atoms with Crippen molar-refractivity contribution in [1.29, 1.82) is 0 Å². The molecule has 0 N–H and O–H groups in total. The highest BCUT2D eigenvalue weighted by molar-refractivity contribution is 5.81. The molecule has 1 aliphatic rings. The monoisotopic (exact) mass is 213 g/mol. The Balaban J connectivity index is 2.55. The molecule has 15 heavy (non-hydrogen) atoms. The van der Waals surface area contributed by atoms with Gasteiger partial charge in [0.25, 0.3) is 0 Å². The van der Waals surface area contributed by atoms with E-state index in [2.05, 4.69) is 0 Å². The Kier molecular flexibility index (Phi) is 4.72. The van der Waals surface area contributed by atoms with Crippen LogP contribution in [0.5, 0.6) is 0 Å². The molecule has 4 nitrogen and oxygen atoms in total. The number of hydrogen-bond donors (Lipinski definition) is 0. The predicted molar refractivity (Wildman–Crippen MR) is 57.3 cm³/mol. The summed E-state index contributed by atoms with van der Waals surface area (Å²) in [7, 11) is 0. The highest BCUT2D eigenvalue weighted by atomic mass is 16.6. The van der Waals surface area contributed by atoms with Crippen molar-refractivity contribution in [2.45, 2.75) is 57.9 Å². The number of Topliss-reactive ketones (excluding diaryl/α,β-unsaturated/α-hetero) is 1. The van der Waals surface area contributed by atoms with E-state index < -0.39 is 6.04 Å². The first-order chi connectivity index (χ1) is 7.16. The lowest BCUT2D eigenvalue weighted by atomic mass is 9.81. The van der Waals surface area contributed by atoms with Gasteiger partial charge in [-0.3, -0.25) is 14.9 Å². The molecule has 1 saturated carbocycles. The van der Waals surface area contributed by atoms with Gasteiger partial charge in [0.15, 0.2) is 0 Å². The number of nitro groups is 1. The van der Waals surface area contributed by atoms with Crippen LogP contribution < -0.4 is 0 Å². The van der Waals surface area contributed by atoms with Crippen molar-refractivity contribution in [3.05, 3.63) is 10.1 Å². The van der Waals surface area contributed by atoms with Crippen molar-refractivity contribution in [3.63, 3.8) is 0 Å². The van der Waals surface area contributed by atoms with Crippen molar-refractivity contribution >= 4 is 5.78 Å². The average molecular weight is 213 g/mol. The van der Waals surface area contributed by atoms with Crippen LogP contribution >= 0.6 is 0 Å². The molecule has 0 amide bonds. The number of unbranched alkanes of at least 4 members (excludes halogenated alkanes) is 1. The van der Waals surface area contributed by atoms with E-state index >= 15 is 0 Å². The molecular formula is C11H19NO3. The summed E-state index contributed by atoms with van der Waals surface area (Å²) in [6, 6.07) is -0.608. The van der Waals surface area contributed by atoms with Gasteiger partial charge in [0.2, 0.25) is 6.04 Å². The molecule has 0 aromatic carbocycles. The summed E-state index contributed by atoms with van der Waals surface area (Å²) < 4.78 is 0. The fraction of sp³-hybridized carbons (Fsp3) is 0.909. The van der Waals surface area contributed by atoms with Crippen LogP contribution in [-0.2, 0) is 4.79 Å². The van der Waals surface area contributed by atoms with Crippen molar-refractivity contribution in [2.75, 3.05) is 0 Å². The lowest BCUT2D eigenvalue weighted by Gasteiger charge is -2.24. The van der Waals surface area contributed by atoms with Gasteiger partial charge in [-0.25, -0.2) is 0 Å². The van der Waals surface area contributed by atoms with E-state index in [0.717, 1.165) is 25.7 Å². The molecule has 86 valence electrons. The molecule has 0 aromatic rings. The van der Waals surface area contributed by atoms with E-state index in [-0.39, 0.29) is 16.6 Å². The van der Waals surface area contributed by atoms with Crippen LogP contribution in [-0.4, -0.2) is 16.7 Å². The molecule has 2 unspecified atom stereocenters. The Morgan fingerprint density at radius 3 is 2.67 bits per heavy atom. The van der Waals surface area contributed by atoms with Crippen LogP contribution in [0.1, 0.15) is 51.9 Å². The van der Waals surface area contributed by atoms with Crippen LogP contribution in [0.3, 0.4) is 0 Å². The largest absolute Gasteiger partial charge is 0.299 e. The number of carbonyl (C=O) groups is 1. The quantitative estimate of drug-likeness (QED) is 0.521. The minimum absolute atomic E-state index is 0.109. The van der Waals surface area contributed by atoms with E-state index in [1.165, 1.54) is 0 Å². The predicted octanol–water partition coefficient (Wildman–Crippen LogP) is 2.58. The molecule has 4 heteroatoms. The number of hydrogen-bond acceptors (Lipinski definition) is 3. The zero-order valence-electron chi connectivity index (χ0n) is 9.28. The maximum absolute atomic E-state index is 11.8. The molecule has 1 rings (SSSR count). The van der Waals surface area contributed by atoms with Gasteiger partial charge in [-0.05, 0) is 19.3 Å². The van der Waals surface area contributed by atoms with Gasteiger partial charge in [0.05, 0.1) is 5.92 Å². The molecule has 0 saturated heterocycles. The molecule has 0 bridgehead atoms. The van der Waals surface area contributed by atoms with Crippen LogP contribution in [0.15, 0.2) is 0 Å². The summed E-state index contributed by atoms with van der Waals surface area (Å²) in [4.78, 5) is 22.3. The highest BCUT2D eigenvalue weighted by Gasteiger charge is 2.38. The maximum atomic E-state index is 11.8. The van der Waals surface area contributed by atoms with Crippen molar-refractivity contribution in [3.8, 4) is 0 Å². The van der Waals surface area contributed by atoms with Crippen LogP contribution in [0.4, 0.5) is 0 Å². The van der Waals surface area contributed by atoms with Crippen LogP contribution in [0.25, 0.3) is 0 Å². The van der Waals surface area contributed by atoms with Crippen molar-refractivity contribution < 1.29 is 9.72 Å². The summed E-state index contributed by atoms with van der Waals surface area (Å²) in [5.41, 5.74) is 0. The molecule has 0 aromatic heterocycles. The SMILES string of the molecule is CCCCC(=O)C1CCCCC1[N+](=O)[O-]. The molecule has 0 heterocycles. The third kappa shape index (κ3) is 3.29.